The molecule has 0 radical (unpaired) electrons. The average Bonchev–Trinajstić information content (AvgIpc) is 2.37. The fourth-order valence-corrected chi connectivity index (χ4v) is 3.50. The molecule has 1 aliphatic rings. The summed E-state index contributed by atoms with van der Waals surface area (Å²) in [7, 11) is 0. The van der Waals surface area contributed by atoms with E-state index in [1.807, 2.05) is 18.2 Å². The second kappa shape index (κ2) is 7.52. The van der Waals surface area contributed by atoms with Crippen molar-refractivity contribution in [2.75, 3.05) is 13.1 Å². The summed E-state index contributed by atoms with van der Waals surface area (Å²) in [4.78, 5) is 0. The maximum absolute atomic E-state index is 6.16. The summed E-state index contributed by atoms with van der Waals surface area (Å²) in [6.07, 6.45) is 6.55. The summed E-state index contributed by atoms with van der Waals surface area (Å²) in [6, 6.07) is 5.75. The van der Waals surface area contributed by atoms with Gasteiger partial charge in [-0.2, -0.15) is 0 Å². The molecule has 3 heteroatoms. The van der Waals surface area contributed by atoms with Crippen molar-refractivity contribution in [3.63, 3.8) is 0 Å². The van der Waals surface area contributed by atoms with Gasteiger partial charge in [-0.3, -0.25) is 0 Å². The van der Waals surface area contributed by atoms with Crippen molar-refractivity contribution in [2.45, 2.75) is 39.0 Å². The highest BCUT2D eigenvalue weighted by Gasteiger charge is 2.18. The molecule has 0 amide bonds. The second-order valence-corrected chi connectivity index (χ2v) is 6.67. The molecule has 0 aliphatic heterocycles. The van der Waals surface area contributed by atoms with Crippen molar-refractivity contribution in [2.24, 2.45) is 11.8 Å². The van der Waals surface area contributed by atoms with E-state index >= 15 is 0 Å². The highest BCUT2D eigenvalue weighted by molar-refractivity contribution is 6.35. The number of halogens is 2. The van der Waals surface area contributed by atoms with Gasteiger partial charge in [0, 0.05) is 10.0 Å². The SMILES string of the molecule is CC1CCCC(CNCCc2ccc(Cl)cc2Cl)C1. The summed E-state index contributed by atoms with van der Waals surface area (Å²) < 4.78 is 0. The predicted molar refractivity (Wildman–Crippen MR) is 84.2 cm³/mol. The number of hydrogen-bond acceptors (Lipinski definition) is 1. The van der Waals surface area contributed by atoms with Gasteiger partial charge in [-0.25, -0.2) is 0 Å². The van der Waals surface area contributed by atoms with Crippen LogP contribution in [0.1, 0.15) is 38.2 Å². The maximum atomic E-state index is 6.16. The van der Waals surface area contributed by atoms with Crippen LogP contribution >= 0.6 is 23.2 Å². The lowest BCUT2D eigenvalue weighted by Gasteiger charge is -2.26. The molecule has 1 aliphatic carbocycles. The topological polar surface area (TPSA) is 12.0 Å². The smallest absolute Gasteiger partial charge is 0.0453 e. The molecule has 0 heterocycles. The predicted octanol–water partition coefficient (Wildman–Crippen LogP) is 4.95. The van der Waals surface area contributed by atoms with Crippen LogP contribution in [0, 0.1) is 11.8 Å². The quantitative estimate of drug-likeness (QED) is 0.758. The van der Waals surface area contributed by atoms with E-state index in [1.165, 1.54) is 31.2 Å². The highest BCUT2D eigenvalue weighted by Crippen LogP contribution is 2.28. The minimum Gasteiger partial charge on any atom is -0.316 e. The number of rotatable bonds is 5. The van der Waals surface area contributed by atoms with E-state index in [0.717, 1.165) is 36.4 Å². The molecule has 2 unspecified atom stereocenters. The lowest BCUT2D eigenvalue weighted by atomic mass is 9.82. The van der Waals surface area contributed by atoms with Crippen LogP contribution in [-0.4, -0.2) is 13.1 Å². The monoisotopic (exact) mass is 299 g/mol. The minimum absolute atomic E-state index is 0.706. The molecule has 1 N–H and O–H groups in total. The van der Waals surface area contributed by atoms with Gasteiger partial charge < -0.3 is 5.32 Å². The van der Waals surface area contributed by atoms with Crippen molar-refractivity contribution in [3.05, 3.63) is 33.8 Å². The lowest BCUT2D eigenvalue weighted by molar-refractivity contribution is 0.275. The van der Waals surface area contributed by atoms with Crippen LogP contribution in [0.15, 0.2) is 18.2 Å². The summed E-state index contributed by atoms with van der Waals surface area (Å²) >= 11 is 12.1. The summed E-state index contributed by atoms with van der Waals surface area (Å²) in [5.41, 5.74) is 1.18. The molecule has 2 atom stereocenters. The first-order valence-electron chi connectivity index (χ1n) is 7.30. The van der Waals surface area contributed by atoms with Crippen LogP contribution in [0.5, 0.6) is 0 Å². The molecular formula is C16H23Cl2N. The van der Waals surface area contributed by atoms with E-state index in [2.05, 4.69) is 12.2 Å². The Morgan fingerprint density at radius 3 is 2.84 bits per heavy atom. The molecular weight excluding hydrogens is 277 g/mol. The Hall–Kier alpha value is -0.240. The van der Waals surface area contributed by atoms with Crippen LogP contribution < -0.4 is 5.32 Å². The average molecular weight is 300 g/mol. The Labute approximate surface area is 126 Å². The van der Waals surface area contributed by atoms with Crippen LogP contribution in [0.25, 0.3) is 0 Å². The fraction of sp³-hybridized carbons (Fsp3) is 0.625. The van der Waals surface area contributed by atoms with Gasteiger partial charge in [0.05, 0.1) is 0 Å². The summed E-state index contributed by atoms with van der Waals surface area (Å²) in [5, 5.41) is 5.06. The van der Waals surface area contributed by atoms with E-state index in [1.54, 1.807) is 0 Å². The third-order valence-electron chi connectivity index (χ3n) is 4.06. The van der Waals surface area contributed by atoms with Crippen LogP contribution in [0.3, 0.4) is 0 Å². The number of nitrogens with one attached hydrogen (secondary N) is 1. The highest BCUT2D eigenvalue weighted by atomic mass is 35.5. The maximum Gasteiger partial charge on any atom is 0.0453 e. The zero-order valence-corrected chi connectivity index (χ0v) is 13.1. The first kappa shape index (κ1) is 15.2. The largest absolute Gasteiger partial charge is 0.316 e. The van der Waals surface area contributed by atoms with E-state index in [0.29, 0.717) is 5.02 Å². The zero-order chi connectivity index (χ0) is 13.7. The molecule has 2 rings (SSSR count). The Balaban J connectivity index is 1.69. The Kier molecular flexibility index (Phi) is 6.00. The van der Waals surface area contributed by atoms with Gasteiger partial charge in [-0.05, 0) is 61.9 Å². The van der Waals surface area contributed by atoms with Gasteiger partial charge in [-0.15, -0.1) is 0 Å². The Morgan fingerprint density at radius 1 is 1.26 bits per heavy atom. The molecule has 19 heavy (non-hydrogen) atoms. The van der Waals surface area contributed by atoms with E-state index in [9.17, 15) is 0 Å². The normalized spacial score (nSPS) is 23.5. The van der Waals surface area contributed by atoms with Gasteiger partial charge in [0.15, 0.2) is 0 Å². The van der Waals surface area contributed by atoms with Crippen molar-refractivity contribution in [1.29, 1.82) is 0 Å². The molecule has 1 aromatic carbocycles. The minimum atomic E-state index is 0.706. The first-order chi connectivity index (χ1) is 9.15. The van der Waals surface area contributed by atoms with Crippen molar-refractivity contribution in [1.82, 2.24) is 5.32 Å². The number of benzene rings is 1. The molecule has 1 fully saturated rings. The molecule has 1 aromatic rings. The summed E-state index contributed by atoms with van der Waals surface area (Å²) in [6.45, 7) is 4.52. The van der Waals surface area contributed by atoms with E-state index in [-0.39, 0.29) is 0 Å². The zero-order valence-electron chi connectivity index (χ0n) is 11.6. The van der Waals surface area contributed by atoms with Gasteiger partial charge in [0.2, 0.25) is 0 Å². The van der Waals surface area contributed by atoms with Crippen molar-refractivity contribution < 1.29 is 0 Å². The van der Waals surface area contributed by atoms with Gasteiger partial charge in [-0.1, -0.05) is 49.0 Å². The molecule has 0 spiro atoms. The standard InChI is InChI=1S/C16H23Cl2N/c1-12-3-2-4-13(9-12)11-19-8-7-14-5-6-15(17)10-16(14)18/h5-6,10,12-13,19H,2-4,7-9,11H2,1H3. The van der Waals surface area contributed by atoms with Gasteiger partial charge in [0.25, 0.3) is 0 Å². The van der Waals surface area contributed by atoms with E-state index < -0.39 is 0 Å². The first-order valence-corrected chi connectivity index (χ1v) is 8.05. The Bertz CT molecular complexity index is 406. The molecule has 0 aromatic heterocycles. The van der Waals surface area contributed by atoms with Gasteiger partial charge >= 0.3 is 0 Å². The van der Waals surface area contributed by atoms with Crippen molar-refractivity contribution in [3.8, 4) is 0 Å². The molecule has 0 saturated heterocycles. The Morgan fingerprint density at radius 2 is 2.11 bits per heavy atom. The molecule has 1 nitrogen and oxygen atoms in total. The molecule has 0 bridgehead atoms. The third-order valence-corrected chi connectivity index (χ3v) is 4.65. The van der Waals surface area contributed by atoms with Crippen LogP contribution in [-0.2, 0) is 6.42 Å². The lowest BCUT2D eigenvalue weighted by Crippen LogP contribution is -2.28. The summed E-state index contributed by atoms with van der Waals surface area (Å²) in [5.74, 6) is 1.77. The van der Waals surface area contributed by atoms with Crippen LogP contribution in [0.2, 0.25) is 10.0 Å². The van der Waals surface area contributed by atoms with E-state index in [4.69, 9.17) is 23.2 Å². The fourth-order valence-electron chi connectivity index (χ4n) is 3.00. The second-order valence-electron chi connectivity index (χ2n) is 5.83. The van der Waals surface area contributed by atoms with Crippen LogP contribution in [0.4, 0.5) is 0 Å². The molecule has 1 saturated carbocycles. The number of hydrogen-bond donors (Lipinski definition) is 1. The van der Waals surface area contributed by atoms with Gasteiger partial charge in [0.1, 0.15) is 0 Å². The third kappa shape index (κ3) is 4.98. The van der Waals surface area contributed by atoms with Crippen molar-refractivity contribution >= 4 is 23.2 Å². The molecule has 106 valence electrons.